The Labute approximate surface area is 113 Å². The summed E-state index contributed by atoms with van der Waals surface area (Å²) in [4.78, 5) is 4.32. The van der Waals surface area contributed by atoms with E-state index in [0.717, 1.165) is 16.5 Å². The van der Waals surface area contributed by atoms with Crippen LogP contribution in [0.3, 0.4) is 0 Å². The van der Waals surface area contributed by atoms with Crippen LogP contribution in [0, 0.1) is 0 Å². The van der Waals surface area contributed by atoms with Gasteiger partial charge in [-0.15, -0.1) is 0 Å². The SMILES string of the molecule is CC(C)(C(N)c1cccc2cccnc12)S(C)(=O)=O. The van der Waals surface area contributed by atoms with Crippen LogP contribution in [0.25, 0.3) is 10.9 Å². The Morgan fingerprint density at radius 3 is 2.47 bits per heavy atom. The number of pyridine rings is 1. The second-order valence-corrected chi connectivity index (χ2v) is 7.87. The molecule has 2 N–H and O–H groups in total. The van der Waals surface area contributed by atoms with Crippen molar-refractivity contribution in [2.24, 2.45) is 5.73 Å². The predicted molar refractivity (Wildman–Crippen MR) is 77.6 cm³/mol. The molecule has 0 aliphatic heterocycles. The van der Waals surface area contributed by atoms with Gasteiger partial charge in [-0.2, -0.15) is 0 Å². The van der Waals surface area contributed by atoms with Crippen LogP contribution in [-0.2, 0) is 9.84 Å². The zero-order valence-corrected chi connectivity index (χ0v) is 12.1. The third kappa shape index (κ3) is 2.35. The molecule has 0 aliphatic carbocycles. The molecule has 19 heavy (non-hydrogen) atoms. The Balaban J connectivity index is 2.63. The number of aromatic nitrogens is 1. The van der Waals surface area contributed by atoms with Gasteiger partial charge >= 0.3 is 0 Å². The van der Waals surface area contributed by atoms with Crippen molar-refractivity contribution in [1.82, 2.24) is 4.98 Å². The van der Waals surface area contributed by atoms with E-state index in [4.69, 9.17) is 5.73 Å². The van der Waals surface area contributed by atoms with Crippen molar-refractivity contribution in [2.75, 3.05) is 6.26 Å². The number of nitrogens with zero attached hydrogens (tertiary/aromatic N) is 1. The number of fused-ring (bicyclic) bond motifs is 1. The van der Waals surface area contributed by atoms with Gasteiger partial charge in [-0.25, -0.2) is 8.42 Å². The van der Waals surface area contributed by atoms with E-state index < -0.39 is 20.6 Å². The van der Waals surface area contributed by atoms with Gasteiger partial charge in [0, 0.05) is 17.8 Å². The van der Waals surface area contributed by atoms with Gasteiger partial charge in [0.05, 0.1) is 16.3 Å². The highest BCUT2D eigenvalue weighted by Gasteiger charge is 2.38. The third-order valence-electron chi connectivity index (χ3n) is 3.70. The molecule has 0 amide bonds. The maximum Gasteiger partial charge on any atom is 0.154 e. The lowest BCUT2D eigenvalue weighted by Gasteiger charge is -2.30. The van der Waals surface area contributed by atoms with Gasteiger partial charge in [0.15, 0.2) is 9.84 Å². The highest BCUT2D eigenvalue weighted by molar-refractivity contribution is 7.92. The average molecular weight is 278 g/mol. The first-order valence-corrected chi connectivity index (χ1v) is 7.93. The summed E-state index contributed by atoms with van der Waals surface area (Å²) in [7, 11) is -3.27. The molecule has 0 saturated heterocycles. The van der Waals surface area contributed by atoms with Crippen molar-refractivity contribution in [3.8, 4) is 0 Å². The highest BCUT2D eigenvalue weighted by Crippen LogP contribution is 2.33. The Kier molecular flexibility index (Phi) is 3.36. The van der Waals surface area contributed by atoms with Gasteiger partial charge in [-0.1, -0.05) is 24.3 Å². The summed E-state index contributed by atoms with van der Waals surface area (Å²) in [5.74, 6) is 0. The van der Waals surface area contributed by atoms with Crippen LogP contribution in [0.4, 0.5) is 0 Å². The van der Waals surface area contributed by atoms with E-state index in [-0.39, 0.29) is 0 Å². The summed E-state index contributed by atoms with van der Waals surface area (Å²) in [5.41, 5.74) is 7.72. The Hall–Kier alpha value is -1.46. The van der Waals surface area contributed by atoms with Crippen LogP contribution in [0.15, 0.2) is 36.5 Å². The summed E-state index contributed by atoms with van der Waals surface area (Å²) in [5, 5.41) is 0.958. The molecule has 1 aromatic heterocycles. The van der Waals surface area contributed by atoms with Crippen LogP contribution < -0.4 is 5.73 Å². The van der Waals surface area contributed by atoms with Crippen molar-refractivity contribution < 1.29 is 8.42 Å². The molecule has 0 aliphatic rings. The first kappa shape index (κ1) is 14.0. The lowest BCUT2D eigenvalue weighted by Crippen LogP contribution is -2.42. The van der Waals surface area contributed by atoms with Crippen molar-refractivity contribution in [2.45, 2.75) is 24.6 Å². The molecule has 0 saturated carbocycles. The Morgan fingerprint density at radius 2 is 1.84 bits per heavy atom. The molecule has 0 fully saturated rings. The van der Waals surface area contributed by atoms with Gasteiger partial charge in [0.1, 0.15) is 0 Å². The van der Waals surface area contributed by atoms with Gasteiger partial charge in [0.25, 0.3) is 0 Å². The average Bonchev–Trinajstić information content (AvgIpc) is 2.36. The summed E-state index contributed by atoms with van der Waals surface area (Å²) in [6, 6.07) is 8.81. The normalized spacial score (nSPS) is 14.5. The van der Waals surface area contributed by atoms with Crippen molar-refractivity contribution in [1.29, 1.82) is 0 Å². The number of benzene rings is 1. The smallest absolute Gasteiger partial charge is 0.154 e. The number of nitrogens with two attached hydrogens (primary N) is 1. The summed E-state index contributed by atoms with van der Waals surface area (Å²) in [6.07, 6.45) is 2.90. The van der Waals surface area contributed by atoms with E-state index in [1.54, 1.807) is 20.0 Å². The summed E-state index contributed by atoms with van der Waals surface area (Å²) in [6.45, 7) is 3.30. The third-order valence-corrected chi connectivity index (χ3v) is 5.87. The minimum atomic E-state index is -3.27. The van der Waals surface area contributed by atoms with Crippen LogP contribution in [0.1, 0.15) is 25.5 Å². The molecule has 102 valence electrons. The summed E-state index contributed by atoms with van der Waals surface area (Å²) >= 11 is 0. The van der Waals surface area contributed by atoms with E-state index in [1.165, 1.54) is 6.26 Å². The van der Waals surface area contributed by atoms with E-state index in [9.17, 15) is 8.42 Å². The number of para-hydroxylation sites is 1. The van der Waals surface area contributed by atoms with Crippen LogP contribution >= 0.6 is 0 Å². The van der Waals surface area contributed by atoms with Crippen LogP contribution in [0.2, 0.25) is 0 Å². The fraction of sp³-hybridized carbons (Fsp3) is 0.357. The topological polar surface area (TPSA) is 73.0 Å². The lowest BCUT2D eigenvalue weighted by molar-refractivity contribution is 0.498. The maximum absolute atomic E-state index is 11.9. The molecule has 4 nitrogen and oxygen atoms in total. The van der Waals surface area contributed by atoms with Crippen molar-refractivity contribution >= 4 is 20.7 Å². The summed E-state index contributed by atoms with van der Waals surface area (Å²) < 4.78 is 22.8. The Morgan fingerprint density at radius 1 is 1.21 bits per heavy atom. The van der Waals surface area contributed by atoms with Gasteiger partial charge < -0.3 is 5.73 Å². The lowest BCUT2D eigenvalue weighted by atomic mass is 9.94. The minimum absolute atomic E-state index is 0.624. The van der Waals surface area contributed by atoms with Crippen molar-refractivity contribution in [3.63, 3.8) is 0 Å². The molecule has 1 heterocycles. The molecule has 1 atom stereocenters. The van der Waals surface area contributed by atoms with E-state index >= 15 is 0 Å². The molecule has 1 aromatic carbocycles. The number of sulfone groups is 1. The van der Waals surface area contributed by atoms with Gasteiger partial charge in [0.2, 0.25) is 0 Å². The van der Waals surface area contributed by atoms with E-state index in [0.29, 0.717) is 0 Å². The molecule has 0 bridgehead atoms. The second kappa shape index (κ2) is 4.58. The molecule has 2 rings (SSSR count). The first-order chi connectivity index (χ1) is 8.75. The number of hydrogen-bond donors (Lipinski definition) is 1. The molecular formula is C14H18N2O2S. The second-order valence-electron chi connectivity index (χ2n) is 5.28. The van der Waals surface area contributed by atoms with Gasteiger partial charge in [-0.05, 0) is 25.5 Å². The predicted octanol–water partition coefficient (Wildman–Crippen LogP) is 2.06. The monoisotopic (exact) mass is 278 g/mol. The quantitative estimate of drug-likeness (QED) is 0.932. The van der Waals surface area contributed by atoms with Gasteiger partial charge in [-0.3, -0.25) is 4.98 Å². The molecule has 0 radical (unpaired) electrons. The molecule has 5 heteroatoms. The highest BCUT2D eigenvalue weighted by atomic mass is 32.2. The molecule has 0 spiro atoms. The minimum Gasteiger partial charge on any atom is -0.323 e. The van der Waals surface area contributed by atoms with E-state index in [2.05, 4.69) is 4.98 Å². The largest absolute Gasteiger partial charge is 0.323 e. The van der Waals surface area contributed by atoms with Crippen molar-refractivity contribution in [3.05, 3.63) is 42.1 Å². The fourth-order valence-corrected chi connectivity index (χ4v) is 2.57. The van der Waals surface area contributed by atoms with Crippen LogP contribution in [0.5, 0.6) is 0 Å². The number of hydrogen-bond acceptors (Lipinski definition) is 4. The Bertz CT molecular complexity index is 703. The zero-order valence-electron chi connectivity index (χ0n) is 11.3. The maximum atomic E-state index is 11.9. The fourth-order valence-electron chi connectivity index (χ4n) is 1.98. The first-order valence-electron chi connectivity index (χ1n) is 6.04. The zero-order chi connectivity index (χ0) is 14.3. The molecule has 2 aromatic rings. The standard InChI is InChI=1S/C14H18N2O2S/c1-14(2,19(3,17)18)13(15)11-8-4-6-10-7-5-9-16-12(10)11/h4-9,13H,15H2,1-3H3. The van der Waals surface area contributed by atoms with Crippen LogP contribution in [-0.4, -0.2) is 24.4 Å². The number of rotatable bonds is 3. The molecular weight excluding hydrogens is 260 g/mol. The van der Waals surface area contributed by atoms with E-state index in [1.807, 2.05) is 30.3 Å². The molecule has 1 unspecified atom stereocenters.